The van der Waals surface area contributed by atoms with E-state index in [1.165, 1.54) is 27.3 Å². The van der Waals surface area contributed by atoms with Gasteiger partial charge in [-0.3, -0.25) is 4.98 Å². The third-order valence-corrected chi connectivity index (χ3v) is 8.87. The topological polar surface area (TPSA) is 38.7 Å². The summed E-state index contributed by atoms with van der Waals surface area (Å²) in [7, 11) is 0. The molecular weight excluding hydrogens is 558 g/mol. The van der Waals surface area contributed by atoms with Gasteiger partial charge in [0.1, 0.15) is 0 Å². The zero-order valence-electron chi connectivity index (χ0n) is 24.9. The molecule has 0 fully saturated rings. The summed E-state index contributed by atoms with van der Waals surface area (Å²) in [6.07, 6.45) is 1.83. The molecule has 3 heterocycles. The largest absolute Gasteiger partial charge is 0.254 e. The number of pyridine rings is 3. The van der Waals surface area contributed by atoms with Crippen LogP contribution in [0.15, 0.2) is 164 Å². The van der Waals surface area contributed by atoms with Gasteiger partial charge in [-0.2, -0.15) is 0 Å². The van der Waals surface area contributed by atoms with E-state index in [1.54, 1.807) is 0 Å². The molecule has 3 aromatic heterocycles. The van der Waals surface area contributed by atoms with Gasteiger partial charge in [-0.1, -0.05) is 121 Å². The van der Waals surface area contributed by atoms with Crippen molar-refractivity contribution in [2.75, 3.05) is 0 Å². The third-order valence-electron chi connectivity index (χ3n) is 8.87. The number of benzene rings is 6. The molecule has 46 heavy (non-hydrogen) atoms. The van der Waals surface area contributed by atoms with Gasteiger partial charge >= 0.3 is 0 Å². The molecule has 3 heteroatoms. The average Bonchev–Trinajstić information content (AvgIpc) is 3.14. The van der Waals surface area contributed by atoms with Crippen LogP contribution in [0, 0.1) is 0 Å². The van der Waals surface area contributed by atoms with Crippen LogP contribution < -0.4 is 0 Å². The lowest BCUT2D eigenvalue weighted by Gasteiger charge is -2.14. The van der Waals surface area contributed by atoms with Crippen LogP contribution in [0.2, 0.25) is 0 Å². The molecule has 9 rings (SSSR count). The molecular formula is C43H27N3. The van der Waals surface area contributed by atoms with Crippen molar-refractivity contribution in [2.24, 2.45) is 0 Å². The summed E-state index contributed by atoms with van der Waals surface area (Å²) in [5, 5.41) is 5.74. The molecule has 0 saturated heterocycles. The van der Waals surface area contributed by atoms with E-state index in [-0.39, 0.29) is 0 Å². The Morgan fingerprint density at radius 2 is 1.07 bits per heavy atom. The highest BCUT2D eigenvalue weighted by molar-refractivity contribution is 6.14. The van der Waals surface area contributed by atoms with Gasteiger partial charge in [0.05, 0.1) is 27.9 Å². The van der Waals surface area contributed by atoms with Crippen LogP contribution in [0.25, 0.3) is 88.2 Å². The number of hydrogen-bond acceptors (Lipinski definition) is 3. The SMILES string of the molecule is c1ccc(-c2cc(-c3ccccc3)c3c(ccc4cc(-c5cccc(-c6ccc7ccc8cccnc8c7n6)c5)ccc43)n2)cc1. The lowest BCUT2D eigenvalue weighted by Crippen LogP contribution is -1.92. The van der Waals surface area contributed by atoms with E-state index in [1.807, 2.05) is 18.3 Å². The van der Waals surface area contributed by atoms with E-state index in [9.17, 15) is 0 Å². The molecule has 6 aromatic carbocycles. The van der Waals surface area contributed by atoms with Crippen molar-refractivity contribution in [3.63, 3.8) is 0 Å². The Bertz CT molecular complexity index is 2570. The first-order chi connectivity index (χ1) is 22.8. The van der Waals surface area contributed by atoms with Gasteiger partial charge < -0.3 is 0 Å². The first-order valence-electron chi connectivity index (χ1n) is 15.5. The zero-order chi connectivity index (χ0) is 30.5. The standard InChI is InChI=1S/C43H27N3/c1-3-9-28(10-4-1)37-27-40(29-11-5-2-6-12-29)45-39-23-20-34-25-33(18-21-36(34)41(37)39)32-13-7-14-35(26-32)38-22-19-31-17-16-30-15-8-24-44-42(30)43(31)46-38/h1-27H. The zero-order valence-corrected chi connectivity index (χ0v) is 24.9. The molecule has 0 unspecified atom stereocenters. The molecule has 214 valence electrons. The normalized spacial score (nSPS) is 11.5. The second-order valence-corrected chi connectivity index (χ2v) is 11.7. The predicted molar refractivity (Wildman–Crippen MR) is 192 cm³/mol. The molecule has 0 amide bonds. The van der Waals surface area contributed by atoms with E-state index in [2.05, 4.69) is 151 Å². The average molecular weight is 586 g/mol. The van der Waals surface area contributed by atoms with Crippen molar-refractivity contribution < 1.29 is 0 Å². The van der Waals surface area contributed by atoms with Crippen molar-refractivity contribution in [1.82, 2.24) is 15.0 Å². The molecule has 9 aromatic rings. The highest BCUT2D eigenvalue weighted by Crippen LogP contribution is 2.38. The fourth-order valence-electron chi connectivity index (χ4n) is 6.59. The van der Waals surface area contributed by atoms with Crippen LogP contribution in [-0.4, -0.2) is 15.0 Å². The highest BCUT2D eigenvalue weighted by Gasteiger charge is 2.14. The Morgan fingerprint density at radius 3 is 1.91 bits per heavy atom. The summed E-state index contributed by atoms with van der Waals surface area (Å²) in [6.45, 7) is 0. The summed E-state index contributed by atoms with van der Waals surface area (Å²) < 4.78 is 0. The van der Waals surface area contributed by atoms with Crippen molar-refractivity contribution in [1.29, 1.82) is 0 Å². The maximum Gasteiger partial charge on any atom is 0.0972 e. The Kier molecular flexibility index (Phi) is 6.14. The smallest absolute Gasteiger partial charge is 0.0972 e. The first-order valence-corrected chi connectivity index (χ1v) is 15.5. The molecule has 0 radical (unpaired) electrons. The van der Waals surface area contributed by atoms with Gasteiger partial charge in [0.15, 0.2) is 0 Å². The van der Waals surface area contributed by atoms with E-state index in [0.717, 1.165) is 61.0 Å². The Hall–Kier alpha value is -6.19. The van der Waals surface area contributed by atoms with E-state index < -0.39 is 0 Å². The predicted octanol–water partition coefficient (Wildman–Crippen LogP) is 11.2. The van der Waals surface area contributed by atoms with Crippen molar-refractivity contribution in [3.05, 3.63) is 164 Å². The minimum absolute atomic E-state index is 0.928. The fourth-order valence-corrected chi connectivity index (χ4v) is 6.59. The van der Waals surface area contributed by atoms with Gasteiger partial charge in [0, 0.05) is 33.5 Å². The molecule has 0 N–H and O–H groups in total. The van der Waals surface area contributed by atoms with Crippen LogP contribution in [-0.2, 0) is 0 Å². The molecule has 0 spiro atoms. The van der Waals surface area contributed by atoms with E-state index in [0.29, 0.717) is 0 Å². The lowest BCUT2D eigenvalue weighted by molar-refractivity contribution is 1.37. The quantitative estimate of drug-likeness (QED) is 0.193. The number of rotatable bonds is 4. The van der Waals surface area contributed by atoms with Crippen molar-refractivity contribution in [2.45, 2.75) is 0 Å². The Balaban J connectivity index is 1.17. The summed E-state index contributed by atoms with van der Waals surface area (Å²) in [4.78, 5) is 14.9. The van der Waals surface area contributed by atoms with Gasteiger partial charge in [-0.15, -0.1) is 0 Å². The molecule has 0 atom stereocenters. The summed E-state index contributed by atoms with van der Waals surface area (Å²) in [5.74, 6) is 0. The van der Waals surface area contributed by atoms with Crippen LogP contribution in [0.1, 0.15) is 0 Å². The molecule has 0 saturated carbocycles. The summed E-state index contributed by atoms with van der Waals surface area (Å²) >= 11 is 0. The lowest BCUT2D eigenvalue weighted by atomic mass is 9.92. The summed E-state index contributed by atoms with van der Waals surface area (Å²) in [5.41, 5.74) is 11.6. The molecule has 3 nitrogen and oxygen atoms in total. The monoisotopic (exact) mass is 585 g/mol. The minimum Gasteiger partial charge on any atom is -0.254 e. The third kappa shape index (κ3) is 4.49. The van der Waals surface area contributed by atoms with Gasteiger partial charge in [0.2, 0.25) is 0 Å². The second kappa shape index (κ2) is 10.8. The summed E-state index contributed by atoms with van der Waals surface area (Å²) in [6, 6.07) is 55.6. The number of fused-ring (bicyclic) bond motifs is 6. The minimum atomic E-state index is 0.928. The Labute approximate surface area is 266 Å². The van der Waals surface area contributed by atoms with Gasteiger partial charge in [-0.05, 0) is 69.4 Å². The van der Waals surface area contributed by atoms with Crippen LogP contribution in [0.3, 0.4) is 0 Å². The fraction of sp³-hybridized carbons (Fsp3) is 0. The van der Waals surface area contributed by atoms with E-state index >= 15 is 0 Å². The van der Waals surface area contributed by atoms with Crippen LogP contribution >= 0.6 is 0 Å². The van der Waals surface area contributed by atoms with Gasteiger partial charge in [0.25, 0.3) is 0 Å². The number of nitrogens with zero attached hydrogens (tertiary/aromatic N) is 3. The number of hydrogen-bond donors (Lipinski definition) is 0. The Morgan fingerprint density at radius 1 is 0.370 bits per heavy atom. The van der Waals surface area contributed by atoms with Crippen molar-refractivity contribution in [3.8, 4) is 44.8 Å². The maximum atomic E-state index is 5.14. The maximum absolute atomic E-state index is 5.14. The number of aromatic nitrogens is 3. The molecule has 0 aliphatic carbocycles. The molecule has 0 bridgehead atoms. The first kappa shape index (κ1) is 26.2. The van der Waals surface area contributed by atoms with Gasteiger partial charge in [-0.25, -0.2) is 9.97 Å². The molecule has 0 aliphatic rings. The second-order valence-electron chi connectivity index (χ2n) is 11.7. The van der Waals surface area contributed by atoms with Crippen LogP contribution in [0.5, 0.6) is 0 Å². The molecule has 0 aliphatic heterocycles. The van der Waals surface area contributed by atoms with Crippen molar-refractivity contribution >= 4 is 43.5 Å². The van der Waals surface area contributed by atoms with E-state index in [4.69, 9.17) is 9.97 Å². The van der Waals surface area contributed by atoms with Crippen LogP contribution in [0.4, 0.5) is 0 Å². The highest BCUT2D eigenvalue weighted by atomic mass is 14.8.